The maximum Gasteiger partial charge on any atom is 0.309 e. The zero-order chi connectivity index (χ0) is 13.8. The first-order valence-electron chi connectivity index (χ1n) is 6.42. The van der Waals surface area contributed by atoms with Crippen molar-refractivity contribution in [2.24, 2.45) is 5.92 Å². The first-order valence-corrected chi connectivity index (χ1v) is 6.80. The highest BCUT2D eigenvalue weighted by molar-refractivity contribution is 6.30. The molecule has 19 heavy (non-hydrogen) atoms. The lowest BCUT2D eigenvalue weighted by Gasteiger charge is -2.14. The van der Waals surface area contributed by atoms with Crippen molar-refractivity contribution in [3.05, 3.63) is 34.9 Å². The summed E-state index contributed by atoms with van der Waals surface area (Å²) in [7, 11) is 0. The molecule has 2 rings (SSSR count). The largest absolute Gasteiger partial charge is 0.492 e. The van der Waals surface area contributed by atoms with Crippen LogP contribution in [0.5, 0.6) is 5.75 Å². The van der Waals surface area contributed by atoms with Crippen LogP contribution in [0.25, 0.3) is 5.57 Å². The summed E-state index contributed by atoms with van der Waals surface area (Å²) in [6.07, 6.45) is 5.43. The van der Waals surface area contributed by atoms with Crippen LogP contribution in [0.1, 0.15) is 31.7 Å². The standard InChI is InChI=1S/C15H17ClO3/c1-10(15(17)18)9-19-14-7-6-12(16)8-13(14)11-4-2-3-5-11/h4,6-8,10H,2-3,5,9H2,1H3,(H,17,18)/t10-/m0/s1. The Balaban J connectivity index is 2.17. The number of hydrogen-bond acceptors (Lipinski definition) is 2. The Morgan fingerprint density at radius 3 is 2.95 bits per heavy atom. The highest BCUT2D eigenvalue weighted by Gasteiger charge is 2.16. The number of hydrogen-bond donors (Lipinski definition) is 1. The van der Waals surface area contributed by atoms with Crippen LogP contribution in [-0.4, -0.2) is 17.7 Å². The van der Waals surface area contributed by atoms with Gasteiger partial charge in [0.15, 0.2) is 0 Å². The van der Waals surface area contributed by atoms with Gasteiger partial charge in [0.2, 0.25) is 0 Å². The quantitative estimate of drug-likeness (QED) is 0.886. The number of carboxylic acid groups (broad SMARTS) is 1. The molecular formula is C15H17ClO3. The Morgan fingerprint density at radius 2 is 2.32 bits per heavy atom. The summed E-state index contributed by atoms with van der Waals surface area (Å²) in [5.41, 5.74) is 2.23. The predicted molar refractivity (Wildman–Crippen MR) is 75.6 cm³/mol. The highest BCUT2D eigenvalue weighted by atomic mass is 35.5. The molecule has 0 amide bonds. The molecule has 0 heterocycles. The monoisotopic (exact) mass is 280 g/mol. The van der Waals surface area contributed by atoms with Gasteiger partial charge in [-0.1, -0.05) is 17.7 Å². The van der Waals surface area contributed by atoms with Crippen LogP contribution < -0.4 is 4.74 Å². The Morgan fingerprint density at radius 1 is 1.53 bits per heavy atom. The smallest absolute Gasteiger partial charge is 0.309 e. The lowest BCUT2D eigenvalue weighted by molar-refractivity contribution is -0.142. The van der Waals surface area contributed by atoms with Gasteiger partial charge >= 0.3 is 5.97 Å². The summed E-state index contributed by atoms with van der Waals surface area (Å²) in [5, 5.41) is 9.54. The van der Waals surface area contributed by atoms with Crippen LogP contribution in [-0.2, 0) is 4.79 Å². The first kappa shape index (κ1) is 13.9. The van der Waals surface area contributed by atoms with Crippen LogP contribution >= 0.6 is 11.6 Å². The summed E-state index contributed by atoms with van der Waals surface area (Å²) < 4.78 is 5.65. The van der Waals surface area contributed by atoms with E-state index in [2.05, 4.69) is 6.08 Å². The molecule has 0 fully saturated rings. The van der Waals surface area contributed by atoms with Crippen molar-refractivity contribution in [2.45, 2.75) is 26.2 Å². The molecule has 0 unspecified atom stereocenters. The van der Waals surface area contributed by atoms with Crippen LogP contribution in [0.4, 0.5) is 0 Å². The number of allylic oxidation sites excluding steroid dienone is 2. The number of aliphatic carboxylic acids is 1. The minimum absolute atomic E-state index is 0.164. The van der Waals surface area contributed by atoms with Gasteiger partial charge in [-0.3, -0.25) is 4.79 Å². The molecule has 0 aliphatic heterocycles. The number of halogens is 1. The highest BCUT2D eigenvalue weighted by Crippen LogP contribution is 2.35. The maximum absolute atomic E-state index is 10.8. The summed E-state index contributed by atoms with van der Waals surface area (Å²) in [4.78, 5) is 10.8. The third kappa shape index (κ3) is 3.51. The summed E-state index contributed by atoms with van der Waals surface area (Å²) in [5.74, 6) is -0.665. The van der Waals surface area contributed by atoms with Crippen molar-refractivity contribution in [2.75, 3.05) is 6.61 Å². The van der Waals surface area contributed by atoms with Crippen LogP contribution in [0.3, 0.4) is 0 Å². The van der Waals surface area contributed by atoms with Crippen molar-refractivity contribution in [3.8, 4) is 5.75 Å². The molecule has 1 N–H and O–H groups in total. The van der Waals surface area contributed by atoms with Crippen LogP contribution in [0.2, 0.25) is 5.02 Å². The average molecular weight is 281 g/mol. The van der Waals surface area contributed by atoms with Gasteiger partial charge in [-0.25, -0.2) is 0 Å². The average Bonchev–Trinajstić information content (AvgIpc) is 2.90. The van der Waals surface area contributed by atoms with E-state index in [1.165, 1.54) is 5.57 Å². The molecule has 0 aromatic heterocycles. The minimum Gasteiger partial charge on any atom is -0.492 e. The predicted octanol–water partition coefficient (Wildman–Crippen LogP) is 4.01. The van der Waals surface area contributed by atoms with Crippen molar-refractivity contribution >= 4 is 23.1 Å². The van der Waals surface area contributed by atoms with Gasteiger partial charge in [-0.05, 0) is 50.0 Å². The zero-order valence-corrected chi connectivity index (χ0v) is 11.6. The van der Waals surface area contributed by atoms with Gasteiger partial charge in [-0.2, -0.15) is 0 Å². The molecule has 1 aliphatic rings. The van der Waals surface area contributed by atoms with E-state index in [-0.39, 0.29) is 6.61 Å². The van der Waals surface area contributed by atoms with E-state index in [1.807, 2.05) is 12.1 Å². The number of carbonyl (C=O) groups is 1. The molecule has 102 valence electrons. The number of benzene rings is 1. The molecule has 1 aromatic carbocycles. The second-order valence-electron chi connectivity index (χ2n) is 4.81. The minimum atomic E-state index is -0.851. The number of rotatable bonds is 5. The van der Waals surface area contributed by atoms with E-state index in [4.69, 9.17) is 21.4 Å². The van der Waals surface area contributed by atoms with Crippen LogP contribution in [0.15, 0.2) is 24.3 Å². The molecule has 0 bridgehead atoms. The second kappa shape index (κ2) is 6.11. The topological polar surface area (TPSA) is 46.5 Å². The molecular weight excluding hydrogens is 264 g/mol. The SMILES string of the molecule is C[C@@H](COc1ccc(Cl)cc1C1=CCCC1)C(=O)O. The third-order valence-corrected chi connectivity index (χ3v) is 3.47. The fourth-order valence-corrected chi connectivity index (χ4v) is 2.25. The van der Waals surface area contributed by atoms with Gasteiger partial charge in [0.1, 0.15) is 12.4 Å². The Bertz CT molecular complexity index is 508. The molecule has 3 nitrogen and oxygen atoms in total. The molecule has 1 aromatic rings. The Labute approximate surface area is 117 Å². The summed E-state index contributed by atoms with van der Waals surface area (Å²) >= 11 is 6.03. The van der Waals surface area contributed by atoms with E-state index in [0.29, 0.717) is 10.8 Å². The maximum atomic E-state index is 10.8. The van der Waals surface area contributed by atoms with Gasteiger partial charge < -0.3 is 9.84 Å². The molecule has 0 radical (unpaired) electrons. The van der Waals surface area contributed by atoms with E-state index in [1.54, 1.807) is 13.0 Å². The zero-order valence-electron chi connectivity index (χ0n) is 10.9. The fourth-order valence-electron chi connectivity index (χ4n) is 2.08. The van der Waals surface area contributed by atoms with Crippen LogP contribution in [0, 0.1) is 5.92 Å². The van der Waals surface area contributed by atoms with Crippen molar-refractivity contribution in [3.63, 3.8) is 0 Å². The van der Waals surface area contributed by atoms with Gasteiger partial charge in [0.05, 0.1) is 5.92 Å². The Hall–Kier alpha value is -1.48. The summed E-state index contributed by atoms with van der Waals surface area (Å²) in [6, 6.07) is 5.46. The third-order valence-electron chi connectivity index (χ3n) is 3.24. The van der Waals surface area contributed by atoms with Crippen molar-refractivity contribution in [1.82, 2.24) is 0 Å². The van der Waals surface area contributed by atoms with Gasteiger partial charge in [0, 0.05) is 10.6 Å². The van der Waals surface area contributed by atoms with E-state index in [9.17, 15) is 4.79 Å². The van der Waals surface area contributed by atoms with Gasteiger partial charge in [0.25, 0.3) is 0 Å². The van der Waals surface area contributed by atoms with E-state index < -0.39 is 11.9 Å². The lowest BCUT2D eigenvalue weighted by atomic mass is 10.0. The second-order valence-corrected chi connectivity index (χ2v) is 5.25. The molecule has 1 atom stereocenters. The first-order chi connectivity index (χ1) is 9.08. The lowest BCUT2D eigenvalue weighted by Crippen LogP contribution is -2.18. The van der Waals surface area contributed by atoms with Gasteiger partial charge in [-0.15, -0.1) is 0 Å². The van der Waals surface area contributed by atoms with E-state index >= 15 is 0 Å². The van der Waals surface area contributed by atoms with Crippen molar-refractivity contribution < 1.29 is 14.6 Å². The number of carboxylic acids is 1. The molecule has 0 spiro atoms. The summed E-state index contributed by atoms with van der Waals surface area (Å²) in [6.45, 7) is 1.80. The van der Waals surface area contributed by atoms with E-state index in [0.717, 1.165) is 24.8 Å². The molecule has 0 saturated heterocycles. The van der Waals surface area contributed by atoms with Crippen molar-refractivity contribution in [1.29, 1.82) is 0 Å². The fraction of sp³-hybridized carbons (Fsp3) is 0.400. The molecule has 1 aliphatic carbocycles. The molecule has 4 heteroatoms. The Kier molecular flexibility index (Phi) is 4.48. The molecule has 0 saturated carbocycles. The number of ether oxygens (including phenoxy) is 1. The normalized spacial score (nSPS) is 16.0.